The lowest BCUT2D eigenvalue weighted by Gasteiger charge is -2.24. The van der Waals surface area contributed by atoms with E-state index in [0.717, 1.165) is 6.54 Å². The fourth-order valence-electron chi connectivity index (χ4n) is 0.924. The lowest BCUT2D eigenvalue weighted by Crippen LogP contribution is -2.38. The van der Waals surface area contributed by atoms with Crippen LogP contribution in [0.3, 0.4) is 0 Å². The molecule has 52 valence electrons. The van der Waals surface area contributed by atoms with Gasteiger partial charge in [-0.05, 0) is 7.05 Å². The molecule has 1 heterocycles. The van der Waals surface area contributed by atoms with Crippen LogP contribution >= 0.6 is 11.6 Å². The summed E-state index contributed by atoms with van der Waals surface area (Å²) in [6.45, 7) is 1.57. The minimum atomic E-state index is -0.260. The number of hydrogen-bond acceptors (Lipinski definition) is 2. The van der Waals surface area contributed by atoms with Gasteiger partial charge in [-0.15, -0.1) is 11.6 Å². The molecule has 9 heavy (non-hydrogen) atoms. The van der Waals surface area contributed by atoms with Crippen molar-refractivity contribution in [1.82, 2.24) is 4.90 Å². The van der Waals surface area contributed by atoms with Crippen molar-refractivity contribution >= 4 is 17.4 Å². The molecule has 0 aliphatic carbocycles. The number of hydrogen-bond donors (Lipinski definition) is 0. The van der Waals surface area contributed by atoms with Gasteiger partial charge in [0.2, 0.25) is 0 Å². The zero-order chi connectivity index (χ0) is 6.85. The SMILES string of the molecule is CN1CCC(=O)C(Cl)C1. The highest BCUT2D eigenvalue weighted by Crippen LogP contribution is 2.09. The maximum Gasteiger partial charge on any atom is 0.153 e. The van der Waals surface area contributed by atoms with Gasteiger partial charge in [-0.2, -0.15) is 0 Å². The molecular formula is C6H10ClNO. The Bertz CT molecular complexity index is 126. The molecular weight excluding hydrogens is 138 g/mol. The van der Waals surface area contributed by atoms with E-state index in [1.54, 1.807) is 0 Å². The number of likely N-dealkylation sites (tertiary alicyclic amines) is 1. The van der Waals surface area contributed by atoms with Gasteiger partial charge in [0, 0.05) is 19.5 Å². The molecule has 0 saturated carbocycles. The maximum absolute atomic E-state index is 10.8. The lowest BCUT2D eigenvalue weighted by atomic mass is 10.1. The van der Waals surface area contributed by atoms with E-state index in [1.165, 1.54) is 0 Å². The zero-order valence-corrected chi connectivity index (χ0v) is 6.19. The van der Waals surface area contributed by atoms with Gasteiger partial charge >= 0.3 is 0 Å². The first-order valence-corrected chi connectivity index (χ1v) is 3.49. The average molecular weight is 148 g/mol. The standard InChI is InChI=1S/C6H10ClNO/c1-8-3-2-6(9)5(7)4-8/h5H,2-4H2,1H3. The molecule has 2 nitrogen and oxygen atoms in total. The maximum atomic E-state index is 10.8. The molecule has 1 atom stereocenters. The van der Waals surface area contributed by atoms with Gasteiger partial charge in [0.05, 0.1) is 0 Å². The smallest absolute Gasteiger partial charge is 0.153 e. The number of ketones is 1. The largest absolute Gasteiger partial charge is 0.304 e. The van der Waals surface area contributed by atoms with Crippen LogP contribution < -0.4 is 0 Å². The molecule has 1 fully saturated rings. The molecule has 0 amide bonds. The van der Waals surface area contributed by atoms with Crippen LogP contribution in [-0.2, 0) is 4.79 Å². The fourth-order valence-corrected chi connectivity index (χ4v) is 1.27. The van der Waals surface area contributed by atoms with Gasteiger partial charge in [0.15, 0.2) is 5.78 Å². The quantitative estimate of drug-likeness (QED) is 0.465. The van der Waals surface area contributed by atoms with Crippen LogP contribution in [-0.4, -0.2) is 36.2 Å². The van der Waals surface area contributed by atoms with E-state index < -0.39 is 0 Å². The van der Waals surface area contributed by atoms with E-state index in [4.69, 9.17) is 11.6 Å². The molecule has 1 aliphatic rings. The van der Waals surface area contributed by atoms with Crippen LogP contribution in [0.15, 0.2) is 0 Å². The van der Waals surface area contributed by atoms with Gasteiger partial charge < -0.3 is 4.90 Å². The second-order valence-electron chi connectivity index (χ2n) is 2.45. The third-order valence-corrected chi connectivity index (χ3v) is 1.94. The number of halogens is 1. The number of nitrogens with zero attached hydrogens (tertiary/aromatic N) is 1. The van der Waals surface area contributed by atoms with Gasteiger partial charge in [-0.25, -0.2) is 0 Å². The second-order valence-corrected chi connectivity index (χ2v) is 2.97. The van der Waals surface area contributed by atoms with E-state index in [1.807, 2.05) is 7.05 Å². The Kier molecular flexibility index (Phi) is 2.09. The van der Waals surface area contributed by atoms with E-state index >= 15 is 0 Å². The van der Waals surface area contributed by atoms with Gasteiger partial charge in [0.1, 0.15) is 5.38 Å². The van der Waals surface area contributed by atoms with Crippen molar-refractivity contribution in [2.24, 2.45) is 0 Å². The Hall–Kier alpha value is -0.0800. The predicted molar refractivity (Wildman–Crippen MR) is 36.8 cm³/mol. The summed E-state index contributed by atoms with van der Waals surface area (Å²) in [6, 6.07) is 0. The highest BCUT2D eigenvalue weighted by Gasteiger charge is 2.22. The van der Waals surface area contributed by atoms with Crippen LogP contribution in [0, 0.1) is 0 Å². The number of carbonyl (C=O) groups is 1. The summed E-state index contributed by atoms with van der Waals surface area (Å²) >= 11 is 5.67. The average Bonchev–Trinajstić information content (AvgIpc) is 1.80. The normalized spacial score (nSPS) is 30.9. The third kappa shape index (κ3) is 1.66. The molecule has 1 rings (SSSR count). The molecule has 1 saturated heterocycles. The Morgan fingerprint density at radius 2 is 2.44 bits per heavy atom. The molecule has 1 aliphatic heterocycles. The Morgan fingerprint density at radius 3 is 2.89 bits per heavy atom. The highest BCUT2D eigenvalue weighted by atomic mass is 35.5. The van der Waals surface area contributed by atoms with E-state index in [2.05, 4.69) is 4.90 Å². The molecule has 0 aromatic rings. The van der Waals surface area contributed by atoms with E-state index in [9.17, 15) is 4.79 Å². The number of Topliss-reactive ketones (excluding diaryl/α,β-unsaturated/α-hetero) is 1. The molecule has 0 radical (unpaired) electrons. The topological polar surface area (TPSA) is 20.3 Å². The third-order valence-electron chi connectivity index (χ3n) is 1.56. The molecule has 1 unspecified atom stereocenters. The van der Waals surface area contributed by atoms with E-state index in [-0.39, 0.29) is 11.2 Å². The number of carbonyl (C=O) groups excluding carboxylic acids is 1. The summed E-state index contributed by atoms with van der Waals surface area (Å²) in [5, 5.41) is -0.260. The summed E-state index contributed by atoms with van der Waals surface area (Å²) in [5.74, 6) is 0.190. The molecule has 0 aromatic carbocycles. The second kappa shape index (κ2) is 2.67. The van der Waals surface area contributed by atoms with E-state index in [0.29, 0.717) is 13.0 Å². The summed E-state index contributed by atoms with van der Waals surface area (Å²) in [5.41, 5.74) is 0. The van der Waals surface area contributed by atoms with Crippen LogP contribution in [0.1, 0.15) is 6.42 Å². The number of piperidine rings is 1. The van der Waals surface area contributed by atoms with Crippen molar-refractivity contribution in [3.05, 3.63) is 0 Å². The predicted octanol–water partition coefficient (Wildman–Crippen LogP) is 0.498. The first-order chi connectivity index (χ1) is 4.20. The van der Waals surface area contributed by atoms with Crippen LogP contribution in [0.2, 0.25) is 0 Å². The lowest BCUT2D eigenvalue weighted by molar-refractivity contribution is -0.120. The summed E-state index contributed by atoms with van der Waals surface area (Å²) < 4.78 is 0. The first-order valence-electron chi connectivity index (χ1n) is 3.05. The van der Waals surface area contributed by atoms with Gasteiger partial charge in [-0.3, -0.25) is 4.79 Å². The molecule has 0 aromatic heterocycles. The van der Waals surface area contributed by atoms with Crippen molar-refractivity contribution in [3.8, 4) is 0 Å². The molecule has 3 heteroatoms. The van der Waals surface area contributed by atoms with Crippen molar-refractivity contribution in [1.29, 1.82) is 0 Å². The highest BCUT2D eigenvalue weighted by molar-refractivity contribution is 6.31. The summed E-state index contributed by atoms with van der Waals surface area (Å²) in [6.07, 6.45) is 0.616. The Labute approximate surface area is 59.8 Å². The Balaban J connectivity index is 2.44. The monoisotopic (exact) mass is 147 g/mol. The number of rotatable bonds is 0. The van der Waals surface area contributed by atoms with Gasteiger partial charge in [-0.1, -0.05) is 0 Å². The molecule has 0 N–H and O–H groups in total. The minimum absolute atomic E-state index is 0.190. The zero-order valence-electron chi connectivity index (χ0n) is 5.43. The van der Waals surface area contributed by atoms with Crippen molar-refractivity contribution in [2.45, 2.75) is 11.8 Å². The summed E-state index contributed by atoms with van der Waals surface area (Å²) in [4.78, 5) is 12.8. The molecule has 0 spiro atoms. The fraction of sp³-hybridized carbons (Fsp3) is 0.833. The summed E-state index contributed by atoms with van der Waals surface area (Å²) in [7, 11) is 1.97. The first kappa shape index (κ1) is 7.03. The minimum Gasteiger partial charge on any atom is -0.304 e. The number of alkyl halides is 1. The molecule has 0 bridgehead atoms. The van der Waals surface area contributed by atoms with Crippen molar-refractivity contribution in [2.75, 3.05) is 20.1 Å². The van der Waals surface area contributed by atoms with Crippen molar-refractivity contribution < 1.29 is 4.79 Å². The van der Waals surface area contributed by atoms with Crippen LogP contribution in [0.25, 0.3) is 0 Å². The Morgan fingerprint density at radius 1 is 1.78 bits per heavy atom. The van der Waals surface area contributed by atoms with Crippen LogP contribution in [0.5, 0.6) is 0 Å². The van der Waals surface area contributed by atoms with Gasteiger partial charge in [0.25, 0.3) is 0 Å². The van der Waals surface area contributed by atoms with Crippen LogP contribution in [0.4, 0.5) is 0 Å². The van der Waals surface area contributed by atoms with Crippen molar-refractivity contribution in [3.63, 3.8) is 0 Å².